The number of hydrogen-bond donors (Lipinski definition) is 1. The van der Waals surface area contributed by atoms with Crippen LogP contribution in [0.1, 0.15) is 19.4 Å². The van der Waals surface area contributed by atoms with E-state index in [1.54, 1.807) is 13.3 Å². The molecule has 102 valence electrons. The van der Waals surface area contributed by atoms with Crippen LogP contribution in [0.2, 0.25) is 5.02 Å². The Bertz CT molecular complexity index is 569. The van der Waals surface area contributed by atoms with Gasteiger partial charge in [0.2, 0.25) is 0 Å². The van der Waals surface area contributed by atoms with E-state index < -0.39 is 0 Å². The average Bonchev–Trinajstić information content (AvgIpc) is 2.38. The summed E-state index contributed by atoms with van der Waals surface area (Å²) in [6.45, 7) is 5.62. The molecule has 0 spiro atoms. The van der Waals surface area contributed by atoms with Crippen molar-refractivity contribution in [2.24, 2.45) is 0 Å². The summed E-state index contributed by atoms with van der Waals surface area (Å²) in [5.41, 5.74) is 2.02. The number of nitrogens with one attached hydrogen (secondary N) is 1. The molecule has 0 saturated carbocycles. The SMILES string of the molecule is COCC(C)(C)NCc1ccc(Cl)c2cccnc12. The summed E-state index contributed by atoms with van der Waals surface area (Å²) in [5, 5.41) is 5.21. The molecule has 0 unspecified atom stereocenters. The Morgan fingerprint density at radius 3 is 2.84 bits per heavy atom. The molecule has 0 bridgehead atoms. The summed E-state index contributed by atoms with van der Waals surface area (Å²) in [6, 6.07) is 7.84. The first-order chi connectivity index (χ1) is 9.03. The van der Waals surface area contributed by atoms with Gasteiger partial charge < -0.3 is 10.1 Å². The highest BCUT2D eigenvalue weighted by Gasteiger charge is 2.17. The molecule has 0 aliphatic rings. The fourth-order valence-electron chi connectivity index (χ4n) is 2.09. The first kappa shape index (κ1) is 14.3. The molecule has 2 rings (SSSR count). The molecule has 1 heterocycles. The van der Waals surface area contributed by atoms with E-state index in [2.05, 4.69) is 24.1 Å². The maximum absolute atomic E-state index is 6.19. The molecule has 0 atom stereocenters. The van der Waals surface area contributed by atoms with E-state index in [1.165, 1.54) is 0 Å². The Morgan fingerprint density at radius 1 is 1.32 bits per heavy atom. The molecule has 1 N–H and O–H groups in total. The van der Waals surface area contributed by atoms with Gasteiger partial charge in [0.15, 0.2) is 0 Å². The van der Waals surface area contributed by atoms with Gasteiger partial charge in [-0.1, -0.05) is 17.7 Å². The van der Waals surface area contributed by atoms with Gasteiger partial charge in [-0.2, -0.15) is 0 Å². The van der Waals surface area contributed by atoms with Crippen LogP contribution >= 0.6 is 11.6 Å². The van der Waals surface area contributed by atoms with Gasteiger partial charge in [-0.05, 0) is 37.6 Å². The Balaban J connectivity index is 2.24. The zero-order valence-electron chi connectivity index (χ0n) is 11.5. The molecule has 1 aromatic heterocycles. The lowest BCUT2D eigenvalue weighted by Crippen LogP contribution is -2.42. The summed E-state index contributed by atoms with van der Waals surface area (Å²) < 4.78 is 5.20. The first-order valence-electron chi connectivity index (χ1n) is 6.29. The summed E-state index contributed by atoms with van der Waals surface area (Å²) in [4.78, 5) is 4.43. The number of halogens is 1. The lowest BCUT2D eigenvalue weighted by Gasteiger charge is -2.25. The van der Waals surface area contributed by atoms with E-state index in [0.717, 1.165) is 28.0 Å². The molecular weight excluding hydrogens is 260 g/mol. The monoisotopic (exact) mass is 278 g/mol. The molecule has 0 saturated heterocycles. The number of fused-ring (bicyclic) bond motifs is 1. The van der Waals surface area contributed by atoms with Gasteiger partial charge in [0.1, 0.15) is 0 Å². The fraction of sp³-hybridized carbons (Fsp3) is 0.400. The van der Waals surface area contributed by atoms with E-state index in [-0.39, 0.29) is 5.54 Å². The van der Waals surface area contributed by atoms with Crippen LogP contribution in [0.4, 0.5) is 0 Å². The quantitative estimate of drug-likeness (QED) is 0.910. The van der Waals surface area contributed by atoms with Gasteiger partial charge in [-0.15, -0.1) is 0 Å². The third kappa shape index (κ3) is 3.44. The van der Waals surface area contributed by atoms with E-state index in [1.807, 2.05) is 24.3 Å². The average molecular weight is 279 g/mol. The van der Waals surface area contributed by atoms with Crippen LogP contribution in [0.5, 0.6) is 0 Å². The zero-order chi connectivity index (χ0) is 13.9. The normalized spacial score (nSPS) is 12.0. The highest BCUT2D eigenvalue weighted by molar-refractivity contribution is 6.35. The summed E-state index contributed by atoms with van der Waals surface area (Å²) in [6.07, 6.45) is 1.79. The molecule has 1 aromatic carbocycles. The summed E-state index contributed by atoms with van der Waals surface area (Å²) in [7, 11) is 1.71. The molecule has 2 aromatic rings. The highest BCUT2D eigenvalue weighted by Crippen LogP contribution is 2.24. The van der Waals surface area contributed by atoms with Crippen LogP contribution in [-0.4, -0.2) is 24.2 Å². The van der Waals surface area contributed by atoms with Gasteiger partial charge in [0.25, 0.3) is 0 Å². The van der Waals surface area contributed by atoms with Crippen LogP contribution in [0.15, 0.2) is 30.5 Å². The predicted octanol–water partition coefficient (Wildman–Crippen LogP) is 3.40. The molecule has 4 heteroatoms. The first-order valence-corrected chi connectivity index (χ1v) is 6.67. The van der Waals surface area contributed by atoms with Crippen LogP contribution in [0.25, 0.3) is 10.9 Å². The second kappa shape index (κ2) is 5.87. The van der Waals surface area contributed by atoms with Gasteiger partial charge in [-0.3, -0.25) is 4.98 Å². The minimum atomic E-state index is -0.0739. The van der Waals surface area contributed by atoms with E-state index in [9.17, 15) is 0 Å². The van der Waals surface area contributed by atoms with Crippen molar-refractivity contribution in [3.8, 4) is 0 Å². The number of benzene rings is 1. The van der Waals surface area contributed by atoms with Crippen molar-refractivity contribution < 1.29 is 4.74 Å². The molecular formula is C15H19ClN2O. The van der Waals surface area contributed by atoms with Gasteiger partial charge >= 0.3 is 0 Å². The number of ether oxygens (including phenoxy) is 1. The lowest BCUT2D eigenvalue weighted by atomic mass is 10.1. The second-order valence-corrected chi connectivity index (χ2v) is 5.68. The Morgan fingerprint density at radius 2 is 2.11 bits per heavy atom. The molecule has 3 nitrogen and oxygen atoms in total. The smallest absolute Gasteiger partial charge is 0.0761 e. The molecule has 0 fully saturated rings. The number of aromatic nitrogens is 1. The van der Waals surface area contributed by atoms with Crippen molar-refractivity contribution in [1.29, 1.82) is 0 Å². The number of methoxy groups -OCH3 is 1. The van der Waals surface area contributed by atoms with Crippen molar-refractivity contribution in [1.82, 2.24) is 10.3 Å². The molecule has 0 amide bonds. The van der Waals surface area contributed by atoms with E-state index in [4.69, 9.17) is 16.3 Å². The number of rotatable bonds is 5. The van der Waals surface area contributed by atoms with Crippen LogP contribution in [0.3, 0.4) is 0 Å². The third-order valence-electron chi connectivity index (χ3n) is 3.06. The molecule has 0 radical (unpaired) electrons. The summed E-state index contributed by atoms with van der Waals surface area (Å²) >= 11 is 6.19. The predicted molar refractivity (Wildman–Crippen MR) is 79.5 cm³/mol. The zero-order valence-corrected chi connectivity index (χ0v) is 12.3. The standard InChI is InChI=1S/C15H19ClN2O/c1-15(2,10-19-3)18-9-11-6-7-13(16)12-5-4-8-17-14(11)12/h4-8,18H,9-10H2,1-3H3. The molecule has 0 aliphatic carbocycles. The number of pyridine rings is 1. The van der Waals surface area contributed by atoms with Crippen molar-refractivity contribution in [2.45, 2.75) is 25.9 Å². The maximum Gasteiger partial charge on any atom is 0.0761 e. The second-order valence-electron chi connectivity index (χ2n) is 5.28. The lowest BCUT2D eigenvalue weighted by molar-refractivity contribution is 0.128. The molecule has 19 heavy (non-hydrogen) atoms. The largest absolute Gasteiger partial charge is 0.383 e. The van der Waals surface area contributed by atoms with Crippen LogP contribution < -0.4 is 5.32 Å². The Hall–Kier alpha value is -1.16. The Kier molecular flexibility index (Phi) is 4.40. The Labute approximate surface area is 118 Å². The maximum atomic E-state index is 6.19. The van der Waals surface area contributed by atoms with E-state index >= 15 is 0 Å². The van der Waals surface area contributed by atoms with Crippen molar-refractivity contribution in [2.75, 3.05) is 13.7 Å². The number of hydrogen-bond acceptors (Lipinski definition) is 3. The van der Waals surface area contributed by atoms with Crippen molar-refractivity contribution >= 4 is 22.5 Å². The van der Waals surface area contributed by atoms with Crippen molar-refractivity contribution in [3.05, 3.63) is 41.0 Å². The van der Waals surface area contributed by atoms with Gasteiger partial charge in [0, 0.05) is 35.8 Å². The van der Waals surface area contributed by atoms with E-state index in [0.29, 0.717) is 6.61 Å². The minimum absolute atomic E-state index is 0.0739. The topological polar surface area (TPSA) is 34.1 Å². The van der Waals surface area contributed by atoms with Gasteiger partial charge in [0.05, 0.1) is 12.1 Å². The van der Waals surface area contributed by atoms with Gasteiger partial charge in [-0.25, -0.2) is 0 Å². The number of nitrogens with zero attached hydrogens (tertiary/aromatic N) is 1. The van der Waals surface area contributed by atoms with Crippen molar-refractivity contribution in [3.63, 3.8) is 0 Å². The fourth-order valence-corrected chi connectivity index (χ4v) is 2.30. The molecule has 0 aliphatic heterocycles. The minimum Gasteiger partial charge on any atom is -0.383 e. The third-order valence-corrected chi connectivity index (χ3v) is 3.39. The van der Waals surface area contributed by atoms with Crippen LogP contribution in [0, 0.1) is 0 Å². The van der Waals surface area contributed by atoms with Crippen LogP contribution in [-0.2, 0) is 11.3 Å². The highest BCUT2D eigenvalue weighted by atomic mass is 35.5. The summed E-state index contributed by atoms with van der Waals surface area (Å²) in [5.74, 6) is 0.